The highest BCUT2D eigenvalue weighted by atomic mass is 16.5. The van der Waals surface area contributed by atoms with E-state index in [1.54, 1.807) is 23.1 Å². The summed E-state index contributed by atoms with van der Waals surface area (Å²) in [5, 5.41) is 0. The number of ether oxygens (including phenoxy) is 1. The Morgan fingerprint density at radius 2 is 1.72 bits per heavy atom. The Morgan fingerprint density at radius 1 is 1.03 bits per heavy atom. The van der Waals surface area contributed by atoms with Gasteiger partial charge in [0.15, 0.2) is 0 Å². The summed E-state index contributed by atoms with van der Waals surface area (Å²) in [5.74, 6) is -0.839. The molecule has 2 aromatic carbocycles. The molecule has 2 aromatic rings. The van der Waals surface area contributed by atoms with Crippen LogP contribution in [0, 0.1) is 13.8 Å². The first kappa shape index (κ1) is 22.2. The Morgan fingerprint density at radius 3 is 2.41 bits per heavy atom. The number of carbonyl (C=O) groups excluding carboxylic acids is 3. The lowest BCUT2D eigenvalue weighted by Crippen LogP contribution is -2.49. The predicted molar refractivity (Wildman–Crippen MR) is 122 cm³/mol. The van der Waals surface area contributed by atoms with Gasteiger partial charge in [-0.15, -0.1) is 0 Å². The lowest BCUT2D eigenvalue weighted by molar-refractivity contribution is -0.122. The highest BCUT2D eigenvalue weighted by Crippen LogP contribution is 2.27. The van der Waals surface area contributed by atoms with Crippen molar-refractivity contribution in [1.82, 2.24) is 9.80 Å². The highest BCUT2D eigenvalue weighted by Gasteiger charge is 2.44. The maximum atomic E-state index is 13.6. The molecule has 1 unspecified atom stereocenters. The Hall–Kier alpha value is -3.03. The zero-order chi connectivity index (χ0) is 22.7. The van der Waals surface area contributed by atoms with Crippen LogP contribution in [0.2, 0.25) is 0 Å². The molecule has 7 heteroatoms. The minimum Gasteiger partial charge on any atom is -0.379 e. The molecule has 2 aliphatic heterocycles. The zero-order valence-electron chi connectivity index (χ0n) is 18.6. The van der Waals surface area contributed by atoms with Gasteiger partial charge in [0.25, 0.3) is 11.8 Å². The average Bonchev–Trinajstić information content (AvgIpc) is 3.09. The summed E-state index contributed by atoms with van der Waals surface area (Å²) in [6.45, 7) is 7.74. The van der Waals surface area contributed by atoms with Gasteiger partial charge >= 0.3 is 0 Å². The van der Waals surface area contributed by atoms with E-state index < -0.39 is 6.04 Å². The molecule has 1 atom stereocenters. The molecule has 3 amide bonds. The molecule has 0 aliphatic carbocycles. The maximum absolute atomic E-state index is 13.6. The van der Waals surface area contributed by atoms with Crippen LogP contribution in [-0.4, -0.2) is 73.0 Å². The van der Waals surface area contributed by atoms with Gasteiger partial charge in [-0.25, -0.2) is 4.90 Å². The molecule has 0 N–H and O–H groups in total. The molecule has 0 saturated carbocycles. The van der Waals surface area contributed by atoms with E-state index in [4.69, 9.17) is 4.74 Å². The van der Waals surface area contributed by atoms with Crippen molar-refractivity contribution in [1.29, 1.82) is 0 Å². The van der Waals surface area contributed by atoms with Gasteiger partial charge in [0.2, 0.25) is 5.91 Å². The lowest BCUT2D eigenvalue weighted by atomic mass is 10.1. The van der Waals surface area contributed by atoms with Crippen molar-refractivity contribution in [3.63, 3.8) is 0 Å². The maximum Gasteiger partial charge on any atom is 0.257 e. The van der Waals surface area contributed by atoms with Crippen LogP contribution >= 0.6 is 0 Å². The minimum absolute atomic E-state index is 0.00651. The van der Waals surface area contributed by atoms with Crippen molar-refractivity contribution in [2.24, 2.45) is 0 Å². The van der Waals surface area contributed by atoms with Gasteiger partial charge in [-0.2, -0.15) is 0 Å². The van der Waals surface area contributed by atoms with Crippen LogP contribution in [-0.2, 0) is 14.3 Å². The summed E-state index contributed by atoms with van der Waals surface area (Å²) in [6.07, 6.45) is -0.00651. The molecule has 2 fully saturated rings. The fourth-order valence-electron chi connectivity index (χ4n) is 4.26. The van der Waals surface area contributed by atoms with Crippen molar-refractivity contribution >= 4 is 23.4 Å². The molecule has 2 saturated heterocycles. The Labute approximate surface area is 188 Å². The van der Waals surface area contributed by atoms with Crippen LogP contribution in [0.4, 0.5) is 5.69 Å². The van der Waals surface area contributed by atoms with Gasteiger partial charge in [0.1, 0.15) is 6.04 Å². The molecule has 0 spiro atoms. The number of morpholine rings is 1. The summed E-state index contributed by atoms with van der Waals surface area (Å²) in [4.78, 5) is 44.8. The van der Waals surface area contributed by atoms with E-state index in [1.807, 2.05) is 44.2 Å². The average molecular weight is 436 g/mol. The summed E-state index contributed by atoms with van der Waals surface area (Å²) in [7, 11) is 0. The third-order valence-electron chi connectivity index (χ3n) is 6.19. The summed E-state index contributed by atoms with van der Waals surface area (Å²) in [5.41, 5.74) is 3.00. The van der Waals surface area contributed by atoms with E-state index in [0.29, 0.717) is 37.6 Å². The molecule has 2 aliphatic rings. The Kier molecular flexibility index (Phi) is 6.67. The minimum atomic E-state index is -0.808. The second kappa shape index (κ2) is 9.63. The van der Waals surface area contributed by atoms with E-state index in [9.17, 15) is 14.4 Å². The van der Waals surface area contributed by atoms with E-state index in [1.165, 1.54) is 4.90 Å². The van der Waals surface area contributed by atoms with Crippen LogP contribution in [0.5, 0.6) is 0 Å². The first-order valence-electron chi connectivity index (χ1n) is 11.1. The van der Waals surface area contributed by atoms with Crippen molar-refractivity contribution in [2.45, 2.75) is 26.3 Å². The van der Waals surface area contributed by atoms with Crippen LogP contribution in [0.1, 0.15) is 27.9 Å². The molecule has 0 aromatic heterocycles. The largest absolute Gasteiger partial charge is 0.379 e. The molecule has 0 radical (unpaired) electrons. The standard InChI is InChI=1S/C25H29N3O4/c1-18-7-9-20(10-8-18)28-23(29)17-22(25(28)31)27(12-11-26-13-15-32-16-14-26)24(30)21-6-4-3-5-19(21)2/h3-10,22H,11-17H2,1-2H3. The van der Waals surface area contributed by atoms with Crippen molar-refractivity contribution in [2.75, 3.05) is 44.3 Å². The molecule has 2 heterocycles. The van der Waals surface area contributed by atoms with Gasteiger partial charge in [0, 0.05) is 31.7 Å². The predicted octanol–water partition coefficient (Wildman–Crippen LogP) is 2.41. The van der Waals surface area contributed by atoms with Crippen molar-refractivity contribution in [3.05, 3.63) is 65.2 Å². The third-order valence-corrected chi connectivity index (χ3v) is 6.19. The fourth-order valence-corrected chi connectivity index (χ4v) is 4.26. The normalized spacial score (nSPS) is 19.4. The smallest absolute Gasteiger partial charge is 0.257 e. The molecule has 0 bridgehead atoms. The Balaban J connectivity index is 1.60. The third kappa shape index (κ3) is 4.59. The Bertz CT molecular complexity index is 999. The second-order valence-corrected chi connectivity index (χ2v) is 8.39. The summed E-state index contributed by atoms with van der Waals surface area (Å²) >= 11 is 0. The number of imide groups is 1. The van der Waals surface area contributed by atoms with Crippen LogP contribution in [0.25, 0.3) is 0 Å². The second-order valence-electron chi connectivity index (χ2n) is 8.39. The van der Waals surface area contributed by atoms with Gasteiger partial charge < -0.3 is 9.64 Å². The zero-order valence-corrected chi connectivity index (χ0v) is 18.6. The SMILES string of the molecule is Cc1ccc(N2C(=O)CC(N(CCN3CCOCC3)C(=O)c3ccccc3C)C2=O)cc1. The first-order chi connectivity index (χ1) is 15.5. The van der Waals surface area contributed by atoms with Gasteiger partial charge in [-0.3, -0.25) is 19.3 Å². The molecule has 32 heavy (non-hydrogen) atoms. The number of anilines is 1. The van der Waals surface area contributed by atoms with E-state index in [0.717, 1.165) is 24.2 Å². The van der Waals surface area contributed by atoms with Crippen LogP contribution in [0.15, 0.2) is 48.5 Å². The number of nitrogens with zero attached hydrogens (tertiary/aromatic N) is 3. The van der Waals surface area contributed by atoms with E-state index in [2.05, 4.69) is 4.90 Å². The number of hydrogen-bond donors (Lipinski definition) is 0. The van der Waals surface area contributed by atoms with Gasteiger partial charge in [-0.1, -0.05) is 35.9 Å². The first-order valence-corrected chi connectivity index (χ1v) is 11.1. The number of rotatable bonds is 6. The number of carbonyl (C=O) groups is 3. The number of amides is 3. The van der Waals surface area contributed by atoms with Crippen LogP contribution in [0.3, 0.4) is 0 Å². The quantitative estimate of drug-likeness (QED) is 0.652. The molecular weight excluding hydrogens is 406 g/mol. The molecule has 7 nitrogen and oxygen atoms in total. The monoisotopic (exact) mass is 435 g/mol. The number of hydrogen-bond acceptors (Lipinski definition) is 5. The lowest BCUT2D eigenvalue weighted by Gasteiger charge is -2.32. The van der Waals surface area contributed by atoms with Gasteiger partial charge in [0.05, 0.1) is 25.3 Å². The van der Waals surface area contributed by atoms with E-state index in [-0.39, 0.29) is 24.1 Å². The number of aryl methyl sites for hydroxylation is 2. The van der Waals surface area contributed by atoms with Gasteiger partial charge in [-0.05, 0) is 37.6 Å². The number of benzene rings is 2. The highest BCUT2D eigenvalue weighted by molar-refractivity contribution is 6.23. The summed E-state index contributed by atoms with van der Waals surface area (Å²) < 4.78 is 5.41. The van der Waals surface area contributed by atoms with Crippen molar-refractivity contribution in [3.8, 4) is 0 Å². The topological polar surface area (TPSA) is 70.2 Å². The molecular formula is C25H29N3O4. The fraction of sp³-hybridized carbons (Fsp3) is 0.400. The van der Waals surface area contributed by atoms with E-state index >= 15 is 0 Å². The van der Waals surface area contributed by atoms with Crippen LogP contribution < -0.4 is 4.90 Å². The molecule has 4 rings (SSSR count). The molecule has 168 valence electrons. The summed E-state index contributed by atoms with van der Waals surface area (Å²) in [6, 6.07) is 13.8. The van der Waals surface area contributed by atoms with Crippen molar-refractivity contribution < 1.29 is 19.1 Å².